The second-order valence-electron chi connectivity index (χ2n) is 5.01. The molecule has 0 radical (unpaired) electrons. The van der Waals surface area contributed by atoms with Crippen molar-refractivity contribution in [1.29, 1.82) is 0 Å². The van der Waals surface area contributed by atoms with E-state index in [0.29, 0.717) is 16.4 Å². The number of nitrogens with one attached hydrogen (secondary N) is 1. The predicted molar refractivity (Wildman–Crippen MR) is 73.9 cm³/mol. The normalized spacial score (nSPS) is 19.0. The number of hydrogen-bond acceptors (Lipinski definition) is 4. The lowest BCUT2D eigenvalue weighted by molar-refractivity contribution is 0.587. The van der Waals surface area contributed by atoms with Crippen LogP contribution in [0.5, 0.6) is 0 Å². The van der Waals surface area contributed by atoms with Gasteiger partial charge in [-0.2, -0.15) is 0 Å². The Balaban J connectivity index is 2.40. The average molecular weight is 286 g/mol. The highest BCUT2D eigenvalue weighted by Crippen LogP contribution is 2.33. The van der Waals surface area contributed by atoms with Gasteiger partial charge in [0.1, 0.15) is 15.7 Å². The molecule has 18 heavy (non-hydrogen) atoms. The van der Waals surface area contributed by atoms with Crippen LogP contribution in [0, 0.1) is 4.64 Å². The lowest BCUT2D eigenvalue weighted by atomic mass is 10.0. The molecule has 1 fully saturated rings. The van der Waals surface area contributed by atoms with Crippen LogP contribution in [-0.2, 0) is 9.84 Å². The minimum atomic E-state index is -3.15. The number of nitrogens with zero attached hydrogens (tertiary/aromatic N) is 1. The van der Waals surface area contributed by atoms with Crippen LogP contribution in [-0.4, -0.2) is 24.6 Å². The molecule has 4 nitrogen and oxygen atoms in total. The molecule has 1 aliphatic rings. The van der Waals surface area contributed by atoms with Gasteiger partial charge in [0, 0.05) is 11.9 Å². The highest BCUT2D eigenvalue weighted by atomic mass is 32.2. The SMILES string of the molecule is CC(c1nc(=S)cc(C2CCCC2)[nH]1)S(C)(=O)=O. The lowest BCUT2D eigenvalue weighted by Gasteiger charge is -2.14. The monoisotopic (exact) mass is 286 g/mol. The van der Waals surface area contributed by atoms with Crippen molar-refractivity contribution in [3.05, 3.63) is 22.2 Å². The molecule has 1 aliphatic carbocycles. The van der Waals surface area contributed by atoms with E-state index >= 15 is 0 Å². The van der Waals surface area contributed by atoms with Gasteiger partial charge in [-0.1, -0.05) is 25.1 Å². The van der Waals surface area contributed by atoms with E-state index in [2.05, 4.69) is 9.97 Å². The largest absolute Gasteiger partial charge is 0.346 e. The molecule has 0 spiro atoms. The first-order chi connectivity index (χ1) is 8.38. The summed E-state index contributed by atoms with van der Waals surface area (Å²) in [5, 5.41) is -0.638. The summed E-state index contributed by atoms with van der Waals surface area (Å²) in [6.07, 6.45) is 5.96. The third kappa shape index (κ3) is 2.98. The topological polar surface area (TPSA) is 62.8 Å². The summed E-state index contributed by atoms with van der Waals surface area (Å²) < 4.78 is 23.6. The molecule has 0 amide bonds. The molecule has 1 atom stereocenters. The number of sulfone groups is 1. The molecule has 1 unspecified atom stereocenters. The molecular weight excluding hydrogens is 268 g/mol. The van der Waals surface area contributed by atoms with Crippen LogP contribution in [0.15, 0.2) is 6.07 Å². The van der Waals surface area contributed by atoms with Crippen LogP contribution >= 0.6 is 12.2 Å². The highest BCUT2D eigenvalue weighted by Gasteiger charge is 2.23. The molecule has 1 heterocycles. The Morgan fingerprint density at radius 2 is 2.06 bits per heavy atom. The summed E-state index contributed by atoms with van der Waals surface area (Å²) >= 11 is 5.14. The smallest absolute Gasteiger partial charge is 0.157 e. The van der Waals surface area contributed by atoms with E-state index in [1.54, 1.807) is 6.92 Å². The first kappa shape index (κ1) is 13.7. The van der Waals surface area contributed by atoms with Crippen LogP contribution in [0.2, 0.25) is 0 Å². The van der Waals surface area contributed by atoms with Crippen LogP contribution < -0.4 is 0 Å². The molecule has 0 aliphatic heterocycles. The minimum Gasteiger partial charge on any atom is -0.346 e. The number of H-pyrrole nitrogens is 1. The first-order valence-electron chi connectivity index (χ1n) is 6.18. The Bertz CT molecular complexity index is 586. The maximum absolute atomic E-state index is 11.6. The summed E-state index contributed by atoms with van der Waals surface area (Å²) in [5.74, 6) is 0.937. The van der Waals surface area contributed by atoms with Gasteiger partial charge in [0.25, 0.3) is 0 Å². The van der Waals surface area contributed by atoms with Gasteiger partial charge in [-0.15, -0.1) is 0 Å². The molecule has 6 heteroatoms. The van der Waals surface area contributed by atoms with E-state index in [-0.39, 0.29) is 0 Å². The summed E-state index contributed by atoms with van der Waals surface area (Å²) in [5.41, 5.74) is 1.04. The molecule has 1 aromatic heterocycles. The van der Waals surface area contributed by atoms with Crippen molar-refractivity contribution in [1.82, 2.24) is 9.97 Å². The third-order valence-corrected chi connectivity index (χ3v) is 5.32. The molecule has 0 saturated heterocycles. The number of aromatic amines is 1. The fourth-order valence-corrected chi connectivity index (χ4v) is 3.09. The van der Waals surface area contributed by atoms with E-state index in [9.17, 15) is 8.42 Å². The second-order valence-corrected chi connectivity index (χ2v) is 7.80. The van der Waals surface area contributed by atoms with Crippen molar-refractivity contribution in [2.75, 3.05) is 6.26 Å². The molecular formula is C12H18N2O2S2. The zero-order valence-corrected chi connectivity index (χ0v) is 12.3. The molecule has 0 aromatic carbocycles. The Morgan fingerprint density at radius 3 is 2.61 bits per heavy atom. The van der Waals surface area contributed by atoms with E-state index in [4.69, 9.17) is 12.2 Å². The number of hydrogen-bond donors (Lipinski definition) is 1. The Hall–Kier alpha value is -0.750. The van der Waals surface area contributed by atoms with Crippen LogP contribution in [0.25, 0.3) is 0 Å². The fraction of sp³-hybridized carbons (Fsp3) is 0.667. The first-order valence-corrected chi connectivity index (χ1v) is 8.54. The van der Waals surface area contributed by atoms with Crippen molar-refractivity contribution in [3.63, 3.8) is 0 Å². The minimum absolute atomic E-state index is 0.465. The van der Waals surface area contributed by atoms with Crippen molar-refractivity contribution in [3.8, 4) is 0 Å². The van der Waals surface area contributed by atoms with E-state index in [0.717, 1.165) is 18.5 Å². The molecule has 1 aromatic rings. The zero-order valence-electron chi connectivity index (χ0n) is 10.6. The lowest BCUT2D eigenvalue weighted by Crippen LogP contribution is -2.13. The summed E-state index contributed by atoms with van der Waals surface area (Å²) in [4.78, 5) is 7.33. The fourth-order valence-electron chi connectivity index (χ4n) is 2.35. The van der Waals surface area contributed by atoms with Gasteiger partial charge in [-0.05, 0) is 31.7 Å². The molecule has 0 bridgehead atoms. The highest BCUT2D eigenvalue weighted by molar-refractivity contribution is 7.90. The zero-order chi connectivity index (χ0) is 13.3. The summed E-state index contributed by atoms with van der Waals surface area (Å²) in [6, 6.07) is 1.86. The quantitative estimate of drug-likeness (QED) is 0.868. The van der Waals surface area contributed by atoms with E-state index in [1.807, 2.05) is 6.07 Å². The maximum atomic E-state index is 11.6. The third-order valence-electron chi connectivity index (χ3n) is 3.60. The van der Waals surface area contributed by atoms with Crippen LogP contribution in [0.3, 0.4) is 0 Å². The van der Waals surface area contributed by atoms with E-state index < -0.39 is 15.1 Å². The predicted octanol–water partition coefficient (Wildman–Crippen LogP) is 2.90. The molecule has 100 valence electrons. The van der Waals surface area contributed by atoms with Crippen molar-refractivity contribution in [2.24, 2.45) is 0 Å². The summed E-state index contributed by atoms with van der Waals surface area (Å²) in [7, 11) is -3.15. The summed E-state index contributed by atoms with van der Waals surface area (Å²) in [6.45, 7) is 1.64. The van der Waals surface area contributed by atoms with Gasteiger partial charge < -0.3 is 4.98 Å². The van der Waals surface area contributed by atoms with Crippen molar-refractivity contribution in [2.45, 2.75) is 43.8 Å². The Kier molecular flexibility index (Phi) is 3.87. The van der Waals surface area contributed by atoms with Crippen molar-refractivity contribution >= 4 is 22.1 Å². The standard InChI is InChI=1S/C12H18N2O2S2/c1-8(18(2,15)16)12-13-10(7-11(17)14-12)9-5-3-4-6-9/h7-9H,3-6H2,1-2H3,(H,13,14,17). The average Bonchev–Trinajstić information content (AvgIpc) is 2.79. The van der Waals surface area contributed by atoms with Gasteiger partial charge >= 0.3 is 0 Å². The van der Waals surface area contributed by atoms with Gasteiger partial charge in [-0.3, -0.25) is 0 Å². The maximum Gasteiger partial charge on any atom is 0.157 e. The van der Waals surface area contributed by atoms with Gasteiger partial charge in [0.2, 0.25) is 0 Å². The van der Waals surface area contributed by atoms with Crippen molar-refractivity contribution < 1.29 is 8.42 Å². The van der Waals surface area contributed by atoms with Crippen LogP contribution in [0.1, 0.15) is 55.3 Å². The Labute approximate surface area is 113 Å². The molecule has 2 rings (SSSR count). The molecule has 1 saturated carbocycles. The van der Waals surface area contributed by atoms with Gasteiger partial charge in [0.05, 0.1) is 0 Å². The second kappa shape index (κ2) is 5.09. The number of aromatic nitrogens is 2. The van der Waals surface area contributed by atoms with Gasteiger partial charge in [0.15, 0.2) is 9.84 Å². The molecule has 1 N–H and O–H groups in total. The van der Waals surface area contributed by atoms with Crippen LogP contribution in [0.4, 0.5) is 0 Å². The van der Waals surface area contributed by atoms with Gasteiger partial charge in [-0.25, -0.2) is 13.4 Å². The van der Waals surface area contributed by atoms with E-state index in [1.165, 1.54) is 19.1 Å². The Morgan fingerprint density at radius 1 is 1.44 bits per heavy atom. The number of rotatable bonds is 3.